The van der Waals surface area contributed by atoms with Gasteiger partial charge in [0.25, 0.3) is 0 Å². The number of esters is 1. The molecule has 260 valence electrons. The highest BCUT2D eigenvalue weighted by molar-refractivity contribution is 5.89. The summed E-state index contributed by atoms with van der Waals surface area (Å²) in [7, 11) is 1.26. The Labute approximate surface area is 281 Å². The van der Waals surface area contributed by atoms with Crippen molar-refractivity contribution in [2.45, 2.75) is 95.5 Å². The zero-order valence-corrected chi connectivity index (χ0v) is 27.9. The van der Waals surface area contributed by atoms with E-state index in [1.165, 1.54) is 7.11 Å². The first-order valence-corrected chi connectivity index (χ1v) is 16.8. The van der Waals surface area contributed by atoms with Crippen LogP contribution in [0.25, 0.3) is 0 Å². The molecule has 7 rings (SSSR count). The number of ether oxygens (including phenoxy) is 5. The van der Waals surface area contributed by atoms with Crippen molar-refractivity contribution in [3.8, 4) is 0 Å². The highest BCUT2D eigenvalue weighted by atomic mass is 17.3. The first-order valence-electron chi connectivity index (χ1n) is 16.8. The molecule has 12 nitrogen and oxygen atoms in total. The topological polar surface area (TPSA) is 140 Å². The quantitative estimate of drug-likeness (QED) is 0.262. The normalized spacial score (nSPS) is 33.3. The number of hydrogen-bond acceptors (Lipinski definition) is 10. The van der Waals surface area contributed by atoms with Crippen molar-refractivity contribution in [1.29, 1.82) is 0 Å². The van der Waals surface area contributed by atoms with Gasteiger partial charge in [-0.2, -0.15) is 0 Å². The fourth-order valence-corrected chi connectivity index (χ4v) is 7.80. The van der Waals surface area contributed by atoms with Crippen molar-refractivity contribution in [3.05, 3.63) is 71.8 Å². The van der Waals surface area contributed by atoms with E-state index in [0.717, 1.165) is 30.4 Å². The summed E-state index contributed by atoms with van der Waals surface area (Å²) in [5, 5.41) is 5.38. The molecule has 2 aromatic rings. The Morgan fingerprint density at radius 1 is 0.896 bits per heavy atom. The van der Waals surface area contributed by atoms with Crippen molar-refractivity contribution in [3.63, 3.8) is 0 Å². The number of carbonyl (C=O) groups excluding carboxylic acids is 3. The molecule has 0 aromatic heterocycles. The summed E-state index contributed by atoms with van der Waals surface area (Å²) in [4.78, 5) is 51.6. The van der Waals surface area contributed by atoms with Crippen molar-refractivity contribution < 1.29 is 47.8 Å². The lowest BCUT2D eigenvalue weighted by Gasteiger charge is -2.60. The molecule has 0 radical (unpaired) electrons. The molecule has 48 heavy (non-hydrogen) atoms. The Morgan fingerprint density at radius 2 is 1.60 bits per heavy atom. The van der Waals surface area contributed by atoms with Crippen LogP contribution in [-0.2, 0) is 56.1 Å². The second-order valence-electron chi connectivity index (χ2n) is 13.6. The number of methoxy groups -OCH3 is 1. The van der Waals surface area contributed by atoms with Crippen LogP contribution in [-0.4, -0.2) is 67.7 Å². The second kappa shape index (κ2) is 14.5. The highest BCUT2D eigenvalue weighted by Crippen LogP contribution is 2.60. The van der Waals surface area contributed by atoms with Gasteiger partial charge in [0.2, 0.25) is 11.7 Å². The summed E-state index contributed by atoms with van der Waals surface area (Å²) in [5.74, 6) is -1.76. The molecule has 2 unspecified atom stereocenters. The zero-order valence-electron chi connectivity index (χ0n) is 27.9. The van der Waals surface area contributed by atoms with Gasteiger partial charge in [0.05, 0.1) is 13.7 Å². The maximum atomic E-state index is 13.8. The Balaban J connectivity index is 1.18. The van der Waals surface area contributed by atoms with Gasteiger partial charge in [-0.25, -0.2) is 19.4 Å². The average Bonchev–Trinajstić information content (AvgIpc) is 3.33. The molecule has 2 N–H and O–H groups in total. The van der Waals surface area contributed by atoms with E-state index in [2.05, 4.69) is 17.6 Å². The molecule has 2 amide bonds. The van der Waals surface area contributed by atoms with E-state index in [1.54, 1.807) is 0 Å². The summed E-state index contributed by atoms with van der Waals surface area (Å²) in [6, 6.07) is 16.2. The number of carbonyl (C=O) groups is 3. The van der Waals surface area contributed by atoms with Gasteiger partial charge in [0.1, 0.15) is 18.7 Å². The number of amides is 2. The van der Waals surface area contributed by atoms with Crippen LogP contribution in [0.15, 0.2) is 60.7 Å². The van der Waals surface area contributed by atoms with Crippen LogP contribution in [0, 0.1) is 23.7 Å². The molecule has 2 aromatic carbocycles. The molecule has 4 aliphatic heterocycles. The van der Waals surface area contributed by atoms with E-state index in [9.17, 15) is 14.4 Å². The van der Waals surface area contributed by atoms with Gasteiger partial charge in [-0.1, -0.05) is 74.5 Å². The Bertz CT molecular complexity index is 1430. The van der Waals surface area contributed by atoms with Crippen LogP contribution in [0.5, 0.6) is 0 Å². The third-order valence-electron chi connectivity index (χ3n) is 10.4. The largest absolute Gasteiger partial charge is 0.467 e. The standard InChI is InChI=1S/C36H46N2O10/c1-22-15-16-27-23(2)32(45-33-36(27)26(22)17-18-35(3,46-33)47-48-36)43-21-29(38-34(41)44-20-25-13-9-6-10-14-25)30(39)37-28(31(40)42-4)19-24-11-7-5-8-12-24/h5-14,22-23,26-29,32-33H,15-21H2,1-4H3,(H,37,39)(H,38,41)/t22-,23-,26+,27+,28?,29?,32+,33-,35-,36-/m1/s1. The summed E-state index contributed by atoms with van der Waals surface area (Å²) in [6.45, 7) is 5.88. The smallest absolute Gasteiger partial charge is 0.408 e. The minimum absolute atomic E-state index is 0.00659. The van der Waals surface area contributed by atoms with Crippen LogP contribution in [0.2, 0.25) is 0 Å². The Morgan fingerprint density at radius 3 is 2.31 bits per heavy atom. The lowest BCUT2D eigenvalue weighted by Crippen LogP contribution is -2.70. The average molecular weight is 667 g/mol. The van der Waals surface area contributed by atoms with E-state index in [-0.39, 0.29) is 37.4 Å². The van der Waals surface area contributed by atoms with E-state index >= 15 is 0 Å². The molecule has 4 saturated heterocycles. The van der Waals surface area contributed by atoms with Crippen LogP contribution in [0.1, 0.15) is 57.6 Å². The molecule has 5 fully saturated rings. The number of benzene rings is 2. The van der Waals surface area contributed by atoms with Crippen molar-refractivity contribution >= 4 is 18.0 Å². The Hall–Kier alpha value is -3.55. The van der Waals surface area contributed by atoms with Gasteiger partial charge in [0, 0.05) is 24.7 Å². The molecule has 1 aliphatic carbocycles. The Kier molecular flexibility index (Phi) is 10.4. The van der Waals surface area contributed by atoms with Gasteiger partial charge in [0.15, 0.2) is 18.2 Å². The third-order valence-corrected chi connectivity index (χ3v) is 10.4. The molecule has 10 atom stereocenters. The van der Waals surface area contributed by atoms with Gasteiger partial charge in [-0.3, -0.25) is 4.79 Å². The molecule has 5 aliphatic rings. The van der Waals surface area contributed by atoms with Gasteiger partial charge in [-0.05, 0) is 49.1 Å². The molecule has 4 heterocycles. The number of hydrogen-bond donors (Lipinski definition) is 2. The maximum absolute atomic E-state index is 13.8. The summed E-state index contributed by atoms with van der Waals surface area (Å²) >= 11 is 0. The van der Waals surface area contributed by atoms with Crippen LogP contribution < -0.4 is 10.6 Å². The fraction of sp³-hybridized carbons (Fsp3) is 0.583. The predicted molar refractivity (Wildman–Crippen MR) is 170 cm³/mol. The van der Waals surface area contributed by atoms with Crippen molar-refractivity contribution in [2.24, 2.45) is 23.7 Å². The third kappa shape index (κ3) is 7.09. The van der Waals surface area contributed by atoms with Gasteiger partial charge < -0.3 is 34.3 Å². The number of fused-ring (bicyclic) bond motifs is 2. The van der Waals surface area contributed by atoms with Gasteiger partial charge in [-0.15, -0.1) is 0 Å². The highest BCUT2D eigenvalue weighted by Gasteiger charge is 2.69. The lowest BCUT2D eigenvalue weighted by atomic mass is 9.58. The van der Waals surface area contributed by atoms with E-state index < -0.39 is 54.0 Å². The number of alkyl carbamates (subject to hydrolysis) is 1. The van der Waals surface area contributed by atoms with Crippen LogP contribution >= 0.6 is 0 Å². The summed E-state index contributed by atoms with van der Waals surface area (Å²) in [5.41, 5.74) is 0.843. The second-order valence-corrected chi connectivity index (χ2v) is 13.6. The number of rotatable bonds is 11. The first-order chi connectivity index (χ1) is 23.1. The molecule has 1 saturated carbocycles. The minimum Gasteiger partial charge on any atom is -0.467 e. The van der Waals surface area contributed by atoms with Crippen molar-refractivity contribution in [1.82, 2.24) is 10.6 Å². The monoisotopic (exact) mass is 666 g/mol. The number of nitrogens with one attached hydrogen (secondary N) is 2. The van der Waals surface area contributed by atoms with Gasteiger partial charge >= 0.3 is 12.1 Å². The van der Waals surface area contributed by atoms with Crippen LogP contribution in [0.4, 0.5) is 4.79 Å². The molecule has 2 bridgehead atoms. The first kappa shape index (κ1) is 34.3. The molecule has 1 spiro atoms. The molecular formula is C36H46N2O10. The summed E-state index contributed by atoms with van der Waals surface area (Å²) in [6.07, 6.45) is 1.34. The maximum Gasteiger partial charge on any atom is 0.408 e. The zero-order chi connectivity index (χ0) is 33.9. The van der Waals surface area contributed by atoms with Crippen LogP contribution in [0.3, 0.4) is 0 Å². The minimum atomic E-state index is -1.23. The van der Waals surface area contributed by atoms with E-state index in [0.29, 0.717) is 12.3 Å². The van der Waals surface area contributed by atoms with E-state index in [1.807, 2.05) is 74.5 Å². The molecule has 12 heteroatoms. The fourth-order valence-electron chi connectivity index (χ4n) is 7.80. The lowest BCUT2D eigenvalue weighted by molar-refractivity contribution is -0.577. The molecular weight excluding hydrogens is 620 g/mol. The summed E-state index contributed by atoms with van der Waals surface area (Å²) < 4.78 is 29.7. The van der Waals surface area contributed by atoms with E-state index in [4.69, 9.17) is 33.5 Å². The SMILES string of the molecule is COC(=O)C(Cc1ccccc1)NC(=O)C(CO[C@H]1O[C@@H]2O[C@@]3(C)CC[C@H]4[C@H](C)CC[C@@H]([C@H]1C)[C@@]24OO3)NC(=O)OCc1ccccc1. The van der Waals surface area contributed by atoms with Crippen molar-refractivity contribution in [2.75, 3.05) is 13.7 Å². The predicted octanol–water partition coefficient (Wildman–Crippen LogP) is 4.41.